The molecule has 3 heterocycles. The van der Waals surface area contributed by atoms with E-state index in [-0.39, 0.29) is 11.3 Å². The van der Waals surface area contributed by atoms with Gasteiger partial charge in [-0.05, 0) is 36.6 Å². The van der Waals surface area contributed by atoms with E-state index in [0.29, 0.717) is 13.1 Å². The maximum Gasteiger partial charge on any atom is 0.490 e. The van der Waals surface area contributed by atoms with Crippen LogP contribution in [-0.2, 0) is 16.1 Å². The van der Waals surface area contributed by atoms with Crippen LogP contribution in [0.5, 0.6) is 5.75 Å². The molecule has 0 saturated carbocycles. The van der Waals surface area contributed by atoms with Gasteiger partial charge in [0.05, 0.1) is 12.5 Å². The fourth-order valence-electron chi connectivity index (χ4n) is 3.91. The summed E-state index contributed by atoms with van der Waals surface area (Å²) >= 11 is 0. The van der Waals surface area contributed by atoms with Crippen LogP contribution in [0.25, 0.3) is 0 Å². The monoisotopic (exact) mass is 452 g/mol. The van der Waals surface area contributed by atoms with E-state index >= 15 is 0 Å². The van der Waals surface area contributed by atoms with E-state index < -0.39 is 12.1 Å². The highest BCUT2D eigenvalue weighted by Crippen LogP contribution is 2.42. The van der Waals surface area contributed by atoms with Gasteiger partial charge in [0.1, 0.15) is 5.75 Å². The molecular weight excluding hydrogens is 429 g/mol. The van der Waals surface area contributed by atoms with Gasteiger partial charge in [-0.2, -0.15) is 13.2 Å². The van der Waals surface area contributed by atoms with Crippen LogP contribution in [0.4, 0.5) is 19.1 Å². The van der Waals surface area contributed by atoms with E-state index in [0.717, 1.165) is 43.2 Å². The number of methoxy groups -OCH3 is 1. The Morgan fingerprint density at radius 2 is 1.84 bits per heavy atom. The smallest absolute Gasteiger partial charge is 0.490 e. The van der Waals surface area contributed by atoms with Gasteiger partial charge in [-0.3, -0.25) is 4.79 Å². The minimum atomic E-state index is -5.08. The summed E-state index contributed by atoms with van der Waals surface area (Å²) in [5.74, 6) is -0.952. The molecule has 2 aliphatic heterocycles. The summed E-state index contributed by atoms with van der Waals surface area (Å²) in [7, 11) is 1.66. The Morgan fingerprint density at radius 1 is 1.19 bits per heavy atom. The molecule has 2 saturated heterocycles. The molecule has 1 amide bonds. The summed E-state index contributed by atoms with van der Waals surface area (Å²) in [6.45, 7) is 2.99. The number of aromatic nitrogens is 2. The third-order valence-electron chi connectivity index (χ3n) is 5.54. The summed E-state index contributed by atoms with van der Waals surface area (Å²) in [4.78, 5) is 34.7. The van der Waals surface area contributed by atoms with Crippen LogP contribution < -0.4 is 9.64 Å². The predicted molar refractivity (Wildman–Crippen MR) is 108 cm³/mol. The standard InChI is InChI=1S/C19H22N4O2.C2HF3O2/c1-25-16-5-2-4-15(12-16)13-22-10-6-19(17(22)24)7-11-23(14-19)18-20-8-3-9-21-18;3-2(4,5)1(6)7/h2-5,8-9,12H,6-7,10-11,13-14H2,1H3;(H,6,7). The number of aliphatic carboxylic acids is 1. The van der Waals surface area contributed by atoms with Crippen LogP contribution in [0.3, 0.4) is 0 Å². The average Bonchev–Trinajstić information content (AvgIpc) is 3.34. The lowest BCUT2D eigenvalue weighted by Gasteiger charge is -2.23. The SMILES string of the molecule is COc1cccc(CN2CCC3(CCN(c4ncccn4)C3)C2=O)c1.O=C(O)C(F)(F)F. The third kappa shape index (κ3) is 5.27. The van der Waals surface area contributed by atoms with Gasteiger partial charge in [0.2, 0.25) is 11.9 Å². The number of carbonyl (C=O) groups excluding carboxylic acids is 1. The van der Waals surface area contributed by atoms with Crippen LogP contribution in [0.1, 0.15) is 18.4 Å². The molecule has 2 aromatic rings. The maximum absolute atomic E-state index is 13.1. The lowest BCUT2D eigenvalue weighted by atomic mass is 9.85. The third-order valence-corrected chi connectivity index (χ3v) is 5.54. The van der Waals surface area contributed by atoms with Gasteiger partial charge in [0.15, 0.2) is 0 Å². The van der Waals surface area contributed by atoms with Crippen molar-refractivity contribution in [3.63, 3.8) is 0 Å². The van der Waals surface area contributed by atoms with Crippen LogP contribution >= 0.6 is 0 Å². The zero-order chi connectivity index (χ0) is 23.4. The van der Waals surface area contributed by atoms with Crippen molar-refractivity contribution in [3.8, 4) is 5.75 Å². The summed E-state index contributed by atoms with van der Waals surface area (Å²) < 4.78 is 37.0. The molecule has 1 aromatic carbocycles. The Hall–Kier alpha value is -3.37. The van der Waals surface area contributed by atoms with Crippen molar-refractivity contribution in [3.05, 3.63) is 48.3 Å². The number of alkyl halides is 3. The fraction of sp³-hybridized carbons (Fsp3) is 0.429. The van der Waals surface area contributed by atoms with Gasteiger partial charge in [-0.15, -0.1) is 0 Å². The lowest BCUT2D eigenvalue weighted by molar-refractivity contribution is -0.192. The normalized spacial score (nSPS) is 20.3. The molecule has 172 valence electrons. The molecule has 2 aliphatic rings. The van der Waals surface area contributed by atoms with Gasteiger partial charge in [-0.25, -0.2) is 14.8 Å². The fourth-order valence-corrected chi connectivity index (χ4v) is 3.91. The number of carboxylic acids is 1. The van der Waals surface area contributed by atoms with Crippen LogP contribution in [0, 0.1) is 5.41 Å². The molecule has 8 nitrogen and oxygen atoms in total. The number of hydrogen-bond acceptors (Lipinski definition) is 6. The first-order valence-electron chi connectivity index (χ1n) is 9.89. The zero-order valence-electron chi connectivity index (χ0n) is 17.4. The van der Waals surface area contributed by atoms with E-state index in [1.807, 2.05) is 35.2 Å². The Morgan fingerprint density at radius 3 is 2.47 bits per heavy atom. The summed E-state index contributed by atoms with van der Waals surface area (Å²) in [5, 5.41) is 7.12. The molecule has 1 N–H and O–H groups in total. The summed E-state index contributed by atoms with van der Waals surface area (Å²) in [6, 6.07) is 9.74. The van der Waals surface area contributed by atoms with Crippen molar-refractivity contribution in [2.75, 3.05) is 31.6 Å². The largest absolute Gasteiger partial charge is 0.497 e. The Kier molecular flexibility index (Phi) is 6.85. The second-order valence-corrected chi connectivity index (χ2v) is 7.63. The molecule has 1 atom stereocenters. The molecule has 2 fully saturated rings. The van der Waals surface area contributed by atoms with Crippen molar-refractivity contribution in [2.45, 2.75) is 25.6 Å². The minimum Gasteiger partial charge on any atom is -0.497 e. The highest BCUT2D eigenvalue weighted by atomic mass is 19.4. The second-order valence-electron chi connectivity index (χ2n) is 7.63. The van der Waals surface area contributed by atoms with Crippen molar-refractivity contribution in [2.24, 2.45) is 5.41 Å². The first-order valence-corrected chi connectivity index (χ1v) is 9.89. The molecule has 0 radical (unpaired) electrons. The van der Waals surface area contributed by atoms with E-state index in [1.165, 1.54) is 0 Å². The molecule has 0 aliphatic carbocycles. The summed E-state index contributed by atoms with van der Waals surface area (Å²) in [6.07, 6.45) is 0.190. The number of ether oxygens (including phenoxy) is 1. The number of benzene rings is 1. The van der Waals surface area contributed by atoms with Gasteiger partial charge in [0.25, 0.3) is 0 Å². The van der Waals surface area contributed by atoms with Crippen molar-refractivity contribution >= 4 is 17.8 Å². The molecule has 4 rings (SSSR count). The number of halogens is 3. The Labute approximate surface area is 182 Å². The second kappa shape index (κ2) is 9.41. The highest BCUT2D eigenvalue weighted by Gasteiger charge is 2.51. The molecule has 32 heavy (non-hydrogen) atoms. The number of hydrogen-bond donors (Lipinski definition) is 1. The molecule has 1 aromatic heterocycles. The number of carbonyl (C=O) groups is 2. The maximum atomic E-state index is 13.1. The van der Waals surface area contributed by atoms with Crippen molar-refractivity contribution < 1.29 is 32.6 Å². The average molecular weight is 452 g/mol. The van der Waals surface area contributed by atoms with Crippen LogP contribution in [-0.4, -0.2) is 64.8 Å². The zero-order valence-corrected chi connectivity index (χ0v) is 17.4. The van der Waals surface area contributed by atoms with Crippen molar-refractivity contribution in [1.82, 2.24) is 14.9 Å². The van der Waals surface area contributed by atoms with Crippen LogP contribution in [0.15, 0.2) is 42.7 Å². The van der Waals surface area contributed by atoms with Gasteiger partial charge >= 0.3 is 12.1 Å². The lowest BCUT2D eigenvalue weighted by Crippen LogP contribution is -2.37. The van der Waals surface area contributed by atoms with Gasteiger partial charge in [-0.1, -0.05) is 12.1 Å². The number of rotatable bonds is 4. The van der Waals surface area contributed by atoms with Crippen molar-refractivity contribution in [1.29, 1.82) is 0 Å². The molecule has 1 spiro atoms. The molecule has 0 bridgehead atoms. The number of amides is 1. The quantitative estimate of drug-likeness (QED) is 0.762. The predicted octanol–water partition coefficient (Wildman–Crippen LogP) is 2.75. The highest BCUT2D eigenvalue weighted by molar-refractivity contribution is 5.86. The van der Waals surface area contributed by atoms with Gasteiger partial charge in [0, 0.05) is 38.6 Å². The Balaban J connectivity index is 0.000000360. The minimum absolute atomic E-state index is 0.258. The number of anilines is 1. The van der Waals surface area contributed by atoms with E-state index in [1.54, 1.807) is 19.5 Å². The van der Waals surface area contributed by atoms with Crippen LogP contribution in [0.2, 0.25) is 0 Å². The molecule has 1 unspecified atom stereocenters. The number of carboxylic acid groups (broad SMARTS) is 1. The molecular formula is C21H23F3N4O4. The van der Waals surface area contributed by atoms with Gasteiger partial charge < -0.3 is 19.6 Å². The first-order chi connectivity index (χ1) is 15.1. The first kappa shape index (κ1) is 23.3. The van der Waals surface area contributed by atoms with E-state index in [9.17, 15) is 18.0 Å². The number of likely N-dealkylation sites (tertiary alicyclic amines) is 1. The van der Waals surface area contributed by atoms with E-state index in [2.05, 4.69) is 14.9 Å². The summed E-state index contributed by atoms with van der Waals surface area (Å²) in [5.41, 5.74) is 0.823. The van der Waals surface area contributed by atoms with E-state index in [4.69, 9.17) is 14.6 Å². The molecule has 11 heteroatoms. The Bertz CT molecular complexity index is 958. The topological polar surface area (TPSA) is 95.9 Å². The number of nitrogens with zero attached hydrogens (tertiary/aromatic N) is 4.